The summed E-state index contributed by atoms with van der Waals surface area (Å²) in [6.45, 7) is 0. The molecule has 7 N–H and O–H groups in total. The zero-order valence-electron chi connectivity index (χ0n) is 16.9. The number of hydrogen-bond acceptors (Lipinski definition) is 9. The molecule has 0 saturated carbocycles. The van der Waals surface area contributed by atoms with E-state index in [4.69, 9.17) is 5.73 Å². The molecule has 0 fully saturated rings. The Labute approximate surface area is 192 Å². The predicted octanol–water partition coefficient (Wildman–Crippen LogP) is 1.90. The summed E-state index contributed by atoms with van der Waals surface area (Å²) in [4.78, 5) is 60.3. The van der Waals surface area contributed by atoms with Crippen molar-refractivity contribution in [3.8, 4) is 21.1 Å². The van der Waals surface area contributed by atoms with Gasteiger partial charge in [0.15, 0.2) is 5.13 Å². The maximum absolute atomic E-state index is 12.4. The maximum Gasteiger partial charge on any atom is 0.326 e. The summed E-state index contributed by atoms with van der Waals surface area (Å²) < 4.78 is 0. The Balaban J connectivity index is 1.55. The number of amides is 3. The van der Waals surface area contributed by atoms with E-state index in [1.165, 1.54) is 29.7 Å². The van der Waals surface area contributed by atoms with Gasteiger partial charge < -0.3 is 21.4 Å². The van der Waals surface area contributed by atoms with Crippen LogP contribution < -0.4 is 32.9 Å². The summed E-state index contributed by atoms with van der Waals surface area (Å²) in [6.07, 6.45) is 0. The average molecular weight is 485 g/mol. The maximum atomic E-state index is 12.4. The predicted molar refractivity (Wildman–Crippen MR) is 127 cm³/mol. The average Bonchev–Trinajstić information content (AvgIpc) is 3.39. The molecule has 0 unspecified atom stereocenters. The molecule has 33 heavy (non-hydrogen) atoms. The fourth-order valence-corrected chi connectivity index (χ4v) is 4.56. The minimum Gasteiger partial charge on any atom is -0.382 e. The first-order valence-electron chi connectivity index (χ1n) is 9.29. The van der Waals surface area contributed by atoms with E-state index in [2.05, 4.69) is 30.9 Å². The van der Waals surface area contributed by atoms with Gasteiger partial charge in [-0.1, -0.05) is 23.5 Å². The molecule has 168 valence electrons. The number of urea groups is 1. The van der Waals surface area contributed by atoms with E-state index in [0.29, 0.717) is 26.4 Å². The van der Waals surface area contributed by atoms with Crippen LogP contribution in [0.1, 0.15) is 10.5 Å². The summed E-state index contributed by atoms with van der Waals surface area (Å²) in [5, 5.41) is 10.5. The van der Waals surface area contributed by atoms with E-state index in [9.17, 15) is 19.2 Å². The van der Waals surface area contributed by atoms with Gasteiger partial charge in [0.25, 0.3) is 11.5 Å². The van der Waals surface area contributed by atoms with E-state index in [1.807, 2.05) is 16.4 Å². The molecule has 0 spiro atoms. The van der Waals surface area contributed by atoms with Gasteiger partial charge in [-0.25, -0.2) is 19.6 Å². The molecule has 0 saturated heterocycles. The number of aromatic amines is 2. The Morgan fingerprint density at radius 3 is 2.67 bits per heavy atom. The van der Waals surface area contributed by atoms with Gasteiger partial charge in [0, 0.05) is 29.7 Å². The number of anilines is 3. The number of nitrogens with two attached hydrogens (primary N) is 1. The summed E-state index contributed by atoms with van der Waals surface area (Å²) >= 11 is 2.56. The molecule has 3 aromatic heterocycles. The third-order valence-electron chi connectivity index (χ3n) is 4.22. The molecule has 1 aromatic carbocycles. The summed E-state index contributed by atoms with van der Waals surface area (Å²) in [5.74, 6) is -0.386. The zero-order valence-corrected chi connectivity index (χ0v) is 18.5. The number of thiazole rings is 2. The number of carbonyl (C=O) groups excluding carboxylic acids is 2. The van der Waals surface area contributed by atoms with Gasteiger partial charge >= 0.3 is 11.7 Å². The molecule has 0 bridgehead atoms. The van der Waals surface area contributed by atoms with Gasteiger partial charge in [0.1, 0.15) is 21.4 Å². The fourth-order valence-electron chi connectivity index (χ4n) is 2.75. The van der Waals surface area contributed by atoms with Gasteiger partial charge in [-0.15, -0.1) is 11.3 Å². The first-order valence-corrected chi connectivity index (χ1v) is 11.0. The second-order valence-electron chi connectivity index (χ2n) is 6.51. The summed E-state index contributed by atoms with van der Waals surface area (Å²) in [7, 11) is 1.50. The molecule has 3 heterocycles. The van der Waals surface area contributed by atoms with Crippen LogP contribution in [0.15, 0.2) is 45.3 Å². The highest BCUT2D eigenvalue weighted by Gasteiger charge is 2.16. The molecule has 4 rings (SSSR count). The largest absolute Gasteiger partial charge is 0.382 e. The zero-order chi connectivity index (χ0) is 23.5. The highest BCUT2D eigenvalue weighted by atomic mass is 32.1. The molecule has 0 radical (unpaired) electrons. The normalized spacial score (nSPS) is 10.6. The molecule has 3 amide bonds. The van der Waals surface area contributed by atoms with Crippen molar-refractivity contribution in [2.75, 3.05) is 23.4 Å². The van der Waals surface area contributed by atoms with Crippen molar-refractivity contribution in [3.05, 3.63) is 62.2 Å². The standard InChI is InChI=1S/C19H16N8O4S2/c1-21-17(30)27-19-26-14(20)13(33-19)16-23-11(7-32-16)8-3-2-4-9(5-8)22-15(29)10-6-12(28)25-18(31)24-10/h2-7H,20H2,1H3,(H,22,29)(H2,21,26,27,30)(H2,24,25,28,31). The van der Waals surface area contributed by atoms with Gasteiger partial charge in [-0.2, -0.15) is 0 Å². The highest BCUT2D eigenvalue weighted by molar-refractivity contribution is 7.23. The van der Waals surface area contributed by atoms with Gasteiger partial charge in [0.05, 0.1) is 5.69 Å². The Bertz CT molecular complexity index is 1440. The van der Waals surface area contributed by atoms with E-state index in [1.54, 1.807) is 18.2 Å². The molecule has 12 nitrogen and oxygen atoms in total. The molecule has 0 atom stereocenters. The quantitative estimate of drug-likeness (QED) is 0.249. The van der Waals surface area contributed by atoms with E-state index < -0.39 is 23.2 Å². The summed E-state index contributed by atoms with van der Waals surface area (Å²) in [5.41, 5.74) is 6.20. The third kappa shape index (κ3) is 4.97. The van der Waals surface area contributed by atoms with Gasteiger partial charge in [-0.3, -0.25) is 19.9 Å². The van der Waals surface area contributed by atoms with Crippen LogP contribution in [-0.4, -0.2) is 38.9 Å². The lowest BCUT2D eigenvalue weighted by Gasteiger charge is -2.06. The summed E-state index contributed by atoms with van der Waals surface area (Å²) in [6, 6.07) is 7.52. The first-order chi connectivity index (χ1) is 15.8. The van der Waals surface area contributed by atoms with Crippen molar-refractivity contribution < 1.29 is 9.59 Å². The van der Waals surface area contributed by atoms with Crippen molar-refractivity contribution in [3.63, 3.8) is 0 Å². The molecule has 14 heteroatoms. The number of H-pyrrole nitrogens is 2. The van der Waals surface area contributed by atoms with Crippen LogP contribution in [-0.2, 0) is 0 Å². The van der Waals surface area contributed by atoms with Crippen LogP contribution in [0.2, 0.25) is 0 Å². The highest BCUT2D eigenvalue weighted by Crippen LogP contribution is 2.38. The third-order valence-corrected chi connectivity index (χ3v) is 6.20. The number of benzene rings is 1. The van der Waals surface area contributed by atoms with Crippen molar-refractivity contribution in [2.45, 2.75) is 0 Å². The van der Waals surface area contributed by atoms with Gasteiger partial charge in [-0.05, 0) is 12.1 Å². The lowest BCUT2D eigenvalue weighted by atomic mass is 10.1. The molecule has 0 aliphatic carbocycles. The lowest BCUT2D eigenvalue weighted by Crippen LogP contribution is -2.27. The molecular formula is C19H16N8O4S2. The minimum absolute atomic E-state index is 0.160. The van der Waals surface area contributed by atoms with Crippen LogP contribution in [0.5, 0.6) is 0 Å². The number of hydrogen-bond donors (Lipinski definition) is 6. The number of carbonyl (C=O) groups is 2. The van der Waals surface area contributed by atoms with Crippen LogP contribution in [0.25, 0.3) is 21.1 Å². The number of nitrogens with zero attached hydrogens (tertiary/aromatic N) is 2. The molecule has 0 aliphatic heterocycles. The Kier molecular flexibility index (Phi) is 6.01. The molecular weight excluding hydrogens is 468 g/mol. The topological polar surface area (TPSA) is 188 Å². The molecule has 0 aliphatic rings. The number of nitrogens with one attached hydrogen (secondary N) is 5. The van der Waals surface area contributed by atoms with Crippen molar-refractivity contribution >= 4 is 51.2 Å². The minimum atomic E-state index is -0.771. The number of aromatic nitrogens is 4. The van der Waals surface area contributed by atoms with Crippen LogP contribution >= 0.6 is 22.7 Å². The fraction of sp³-hybridized carbons (Fsp3) is 0.0526. The van der Waals surface area contributed by atoms with Crippen molar-refractivity contribution in [2.24, 2.45) is 0 Å². The second-order valence-corrected chi connectivity index (χ2v) is 8.37. The Hall–Kier alpha value is -4.30. The number of nitrogen functional groups attached to an aromatic ring is 1. The van der Waals surface area contributed by atoms with Crippen LogP contribution in [0.4, 0.5) is 21.4 Å². The van der Waals surface area contributed by atoms with E-state index in [0.717, 1.165) is 11.6 Å². The second kappa shape index (κ2) is 9.05. The van der Waals surface area contributed by atoms with Gasteiger partial charge in [0.2, 0.25) is 0 Å². The Morgan fingerprint density at radius 2 is 1.91 bits per heavy atom. The Morgan fingerprint density at radius 1 is 1.09 bits per heavy atom. The van der Waals surface area contributed by atoms with Crippen molar-refractivity contribution in [1.82, 2.24) is 25.3 Å². The van der Waals surface area contributed by atoms with E-state index >= 15 is 0 Å². The van der Waals surface area contributed by atoms with E-state index in [-0.39, 0.29) is 11.5 Å². The SMILES string of the molecule is CNC(=O)Nc1nc(N)c(-c2nc(-c3cccc(NC(=O)c4cc(=O)[nH]c(=O)[nH]4)c3)cs2)s1. The smallest absolute Gasteiger partial charge is 0.326 e. The van der Waals surface area contributed by atoms with Crippen LogP contribution in [0.3, 0.4) is 0 Å². The van der Waals surface area contributed by atoms with Crippen LogP contribution in [0, 0.1) is 0 Å². The monoisotopic (exact) mass is 484 g/mol. The molecule has 4 aromatic rings. The number of rotatable bonds is 5. The first kappa shape index (κ1) is 21.9. The van der Waals surface area contributed by atoms with Crippen molar-refractivity contribution in [1.29, 1.82) is 0 Å². The lowest BCUT2D eigenvalue weighted by molar-refractivity contribution is 0.102.